The quantitative estimate of drug-likeness (QED) is 0.733. The topological polar surface area (TPSA) is 94.3 Å². The maximum Gasteiger partial charge on any atom is 0.377 e. The summed E-state index contributed by atoms with van der Waals surface area (Å²) in [6.45, 7) is 0. The first-order valence-electron chi connectivity index (χ1n) is 4.85. The molecule has 1 aliphatic carbocycles. The second kappa shape index (κ2) is 3.92. The van der Waals surface area contributed by atoms with Crippen LogP contribution in [0.15, 0.2) is 6.33 Å². The van der Waals surface area contributed by atoms with Crippen LogP contribution in [-0.2, 0) is 9.53 Å². The van der Waals surface area contributed by atoms with Crippen LogP contribution in [0, 0.1) is 5.92 Å². The van der Waals surface area contributed by atoms with Crippen LogP contribution in [0.2, 0.25) is 0 Å². The number of aliphatic carboxylic acids is 1. The highest BCUT2D eigenvalue weighted by Gasteiger charge is 2.38. The molecule has 1 aromatic rings. The molecule has 7 nitrogen and oxygen atoms in total. The fraction of sp³-hybridized carbons (Fsp3) is 0.556. The SMILES string of the molecule is COC(=O)c1ncn(C2CCC2C(=O)O)n1. The molecular formula is C9H11N3O4. The molecule has 0 aromatic carbocycles. The van der Waals surface area contributed by atoms with Crippen molar-refractivity contribution >= 4 is 11.9 Å². The average molecular weight is 225 g/mol. The van der Waals surface area contributed by atoms with Gasteiger partial charge in [0.1, 0.15) is 6.33 Å². The van der Waals surface area contributed by atoms with Crippen molar-refractivity contribution in [3.05, 3.63) is 12.2 Å². The molecule has 16 heavy (non-hydrogen) atoms. The van der Waals surface area contributed by atoms with Crippen LogP contribution in [0.5, 0.6) is 0 Å². The van der Waals surface area contributed by atoms with E-state index in [9.17, 15) is 9.59 Å². The Morgan fingerprint density at radius 2 is 2.31 bits per heavy atom. The Morgan fingerprint density at radius 3 is 2.81 bits per heavy atom. The van der Waals surface area contributed by atoms with Crippen molar-refractivity contribution < 1.29 is 19.4 Å². The van der Waals surface area contributed by atoms with Crippen LogP contribution in [0.4, 0.5) is 0 Å². The monoisotopic (exact) mass is 225 g/mol. The molecule has 2 atom stereocenters. The first kappa shape index (κ1) is 10.6. The van der Waals surface area contributed by atoms with Crippen LogP contribution >= 0.6 is 0 Å². The van der Waals surface area contributed by atoms with Gasteiger partial charge >= 0.3 is 11.9 Å². The number of esters is 1. The van der Waals surface area contributed by atoms with Crippen molar-refractivity contribution in [1.29, 1.82) is 0 Å². The summed E-state index contributed by atoms with van der Waals surface area (Å²) in [7, 11) is 1.24. The van der Waals surface area contributed by atoms with Gasteiger partial charge in [-0.05, 0) is 12.8 Å². The zero-order valence-electron chi connectivity index (χ0n) is 8.66. The summed E-state index contributed by atoms with van der Waals surface area (Å²) in [4.78, 5) is 25.7. The predicted octanol–water partition coefficient (Wildman–Crippen LogP) is 0.100. The van der Waals surface area contributed by atoms with Gasteiger partial charge in [-0.1, -0.05) is 0 Å². The minimum Gasteiger partial charge on any atom is -0.481 e. The third-order valence-electron chi connectivity index (χ3n) is 2.77. The lowest BCUT2D eigenvalue weighted by Gasteiger charge is -2.32. The summed E-state index contributed by atoms with van der Waals surface area (Å²) in [6, 6.07) is -0.205. The van der Waals surface area contributed by atoms with Crippen LogP contribution in [0.3, 0.4) is 0 Å². The van der Waals surface area contributed by atoms with Crippen LogP contribution in [-0.4, -0.2) is 38.9 Å². The van der Waals surface area contributed by atoms with E-state index in [0.29, 0.717) is 6.42 Å². The molecule has 0 aliphatic heterocycles. The fourth-order valence-electron chi connectivity index (χ4n) is 1.71. The number of carbonyl (C=O) groups is 2. The van der Waals surface area contributed by atoms with E-state index < -0.39 is 17.9 Å². The molecule has 1 heterocycles. The highest BCUT2D eigenvalue weighted by atomic mass is 16.5. The van der Waals surface area contributed by atoms with E-state index in [2.05, 4.69) is 14.8 Å². The highest BCUT2D eigenvalue weighted by Crippen LogP contribution is 2.37. The molecule has 0 saturated heterocycles. The predicted molar refractivity (Wildman–Crippen MR) is 50.8 cm³/mol. The molecule has 0 amide bonds. The second-order valence-corrected chi connectivity index (χ2v) is 3.63. The van der Waals surface area contributed by atoms with E-state index in [-0.39, 0.29) is 11.9 Å². The first-order valence-corrected chi connectivity index (χ1v) is 4.85. The zero-order chi connectivity index (χ0) is 11.7. The van der Waals surface area contributed by atoms with Crippen LogP contribution < -0.4 is 0 Å². The Labute approximate surface area is 91.0 Å². The highest BCUT2D eigenvalue weighted by molar-refractivity contribution is 5.84. The van der Waals surface area contributed by atoms with Gasteiger partial charge in [0.25, 0.3) is 5.82 Å². The molecule has 0 spiro atoms. The van der Waals surface area contributed by atoms with Gasteiger partial charge in [-0.25, -0.2) is 14.5 Å². The van der Waals surface area contributed by atoms with Gasteiger partial charge in [0.2, 0.25) is 0 Å². The molecule has 0 bridgehead atoms. The largest absolute Gasteiger partial charge is 0.481 e. The number of hydrogen-bond acceptors (Lipinski definition) is 5. The van der Waals surface area contributed by atoms with Gasteiger partial charge in [-0.3, -0.25) is 4.79 Å². The molecule has 1 aliphatic rings. The lowest BCUT2D eigenvalue weighted by molar-refractivity contribution is -0.147. The number of methoxy groups -OCH3 is 1. The number of carboxylic acids is 1. The molecule has 1 fully saturated rings. The van der Waals surface area contributed by atoms with Gasteiger partial charge in [-0.2, -0.15) is 0 Å². The third-order valence-corrected chi connectivity index (χ3v) is 2.77. The van der Waals surface area contributed by atoms with E-state index in [1.807, 2.05) is 0 Å². The van der Waals surface area contributed by atoms with Crippen LogP contribution in [0.25, 0.3) is 0 Å². The van der Waals surface area contributed by atoms with Crippen molar-refractivity contribution in [2.45, 2.75) is 18.9 Å². The minimum atomic E-state index is -0.841. The van der Waals surface area contributed by atoms with Gasteiger partial charge in [0, 0.05) is 0 Å². The summed E-state index contributed by atoms with van der Waals surface area (Å²) in [6.07, 6.45) is 2.74. The average Bonchev–Trinajstić information content (AvgIpc) is 2.63. The normalized spacial score (nSPS) is 23.6. The number of ether oxygens (including phenoxy) is 1. The minimum absolute atomic E-state index is 0.0430. The second-order valence-electron chi connectivity index (χ2n) is 3.63. The van der Waals surface area contributed by atoms with Crippen molar-refractivity contribution in [3.63, 3.8) is 0 Å². The van der Waals surface area contributed by atoms with Crippen LogP contribution in [0.1, 0.15) is 29.5 Å². The standard InChI is InChI=1S/C9H11N3O4/c1-16-9(15)7-10-4-12(11-7)6-3-2-5(6)8(13)14/h4-6H,2-3H2,1H3,(H,13,14). The van der Waals surface area contributed by atoms with Gasteiger partial charge in [0.05, 0.1) is 19.1 Å². The number of nitrogens with zero attached hydrogens (tertiary/aromatic N) is 3. The molecule has 86 valence electrons. The summed E-state index contributed by atoms with van der Waals surface area (Å²) in [5.41, 5.74) is 0. The summed E-state index contributed by atoms with van der Waals surface area (Å²) in [5.74, 6) is -1.94. The Balaban J connectivity index is 2.13. The number of aromatic nitrogens is 3. The number of carboxylic acid groups (broad SMARTS) is 1. The first-order chi connectivity index (χ1) is 7.63. The lowest BCUT2D eigenvalue weighted by Crippen LogP contribution is -2.35. The van der Waals surface area contributed by atoms with Gasteiger partial charge < -0.3 is 9.84 Å². The van der Waals surface area contributed by atoms with E-state index in [1.54, 1.807) is 0 Å². The molecule has 7 heteroatoms. The Morgan fingerprint density at radius 1 is 1.56 bits per heavy atom. The smallest absolute Gasteiger partial charge is 0.377 e. The Bertz CT molecular complexity index is 428. The van der Waals surface area contributed by atoms with E-state index in [0.717, 1.165) is 6.42 Å². The molecule has 1 saturated carbocycles. The van der Waals surface area contributed by atoms with Crippen molar-refractivity contribution in [2.24, 2.45) is 5.92 Å². The number of rotatable bonds is 3. The molecular weight excluding hydrogens is 214 g/mol. The van der Waals surface area contributed by atoms with Gasteiger partial charge in [0.15, 0.2) is 0 Å². The number of hydrogen-bond donors (Lipinski definition) is 1. The summed E-state index contributed by atoms with van der Waals surface area (Å²) >= 11 is 0. The van der Waals surface area contributed by atoms with Gasteiger partial charge in [-0.15, -0.1) is 5.10 Å². The molecule has 2 unspecified atom stereocenters. The van der Waals surface area contributed by atoms with E-state index >= 15 is 0 Å². The summed E-state index contributed by atoms with van der Waals surface area (Å²) < 4.78 is 5.89. The Hall–Kier alpha value is -1.92. The fourth-order valence-corrected chi connectivity index (χ4v) is 1.71. The van der Waals surface area contributed by atoms with Crippen molar-refractivity contribution in [1.82, 2.24) is 14.8 Å². The third kappa shape index (κ3) is 1.64. The number of carbonyl (C=O) groups excluding carboxylic acids is 1. The molecule has 2 rings (SSSR count). The van der Waals surface area contributed by atoms with E-state index in [4.69, 9.17) is 5.11 Å². The van der Waals surface area contributed by atoms with Crippen molar-refractivity contribution in [2.75, 3.05) is 7.11 Å². The molecule has 1 aromatic heterocycles. The Kier molecular flexibility index (Phi) is 2.59. The van der Waals surface area contributed by atoms with Crippen molar-refractivity contribution in [3.8, 4) is 0 Å². The molecule has 0 radical (unpaired) electrons. The maximum atomic E-state index is 11.1. The molecule has 1 N–H and O–H groups in total. The maximum absolute atomic E-state index is 11.1. The zero-order valence-corrected chi connectivity index (χ0v) is 8.66. The summed E-state index contributed by atoms with van der Waals surface area (Å²) in [5, 5.41) is 12.8. The lowest BCUT2D eigenvalue weighted by atomic mass is 9.80. The van der Waals surface area contributed by atoms with E-state index in [1.165, 1.54) is 18.1 Å².